The first-order valence-electron chi connectivity index (χ1n) is 13.0. The number of fused-ring (bicyclic) bond motifs is 1. The van der Waals surface area contributed by atoms with E-state index in [1.807, 2.05) is 79.7 Å². The number of nitrogens with zero attached hydrogens (tertiary/aromatic N) is 3. The summed E-state index contributed by atoms with van der Waals surface area (Å²) in [6.45, 7) is 2.23. The summed E-state index contributed by atoms with van der Waals surface area (Å²) in [5, 5.41) is 3.83. The van der Waals surface area contributed by atoms with Gasteiger partial charge >= 0.3 is 0 Å². The van der Waals surface area contributed by atoms with Gasteiger partial charge in [-0.2, -0.15) is 4.37 Å². The molecule has 0 radical (unpaired) electrons. The van der Waals surface area contributed by atoms with Gasteiger partial charge in [-0.25, -0.2) is 0 Å². The van der Waals surface area contributed by atoms with Crippen LogP contribution in [0.5, 0.6) is 0 Å². The Hall–Kier alpha value is -5.09. The molecule has 3 aromatic carbocycles. The van der Waals surface area contributed by atoms with Crippen molar-refractivity contribution in [2.24, 2.45) is 5.73 Å². The number of aryl methyl sites for hydroxylation is 1. The van der Waals surface area contributed by atoms with E-state index in [-0.39, 0.29) is 22.8 Å². The number of carbonyl (C=O) groups is 3. The van der Waals surface area contributed by atoms with Crippen molar-refractivity contribution in [3.63, 3.8) is 0 Å². The van der Waals surface area contributed by atoms with Crippen molar-refractivity contribution < 1.29 is 14.4 Å². The quantitative estimate of drug-likeness (QED) is 0.238. The molecule has 206 valence electrons. The monoisotopic (exact) mass is 564 g/mol. The summed E-state index contributed by atoms with van der Waals surface area (Å²) in [6, 6.07) is 25.0. The number of anilines is 2. The number of hydrogen-bond donors (Lipinski definition) is 3. The van der Waals surface area contributed by atoms with Gasteiger partial charge in [0.05, 0.1) is 11.2 Å². The van der Waals surface area contributed by atoms with Crippen LogP contribution in [-0.4, -0.2) is 27.1 Å². The van der Waals surface area contributed by atoms with E-state index in [4.69, 9.17) is 11.5 Å². The minimum Gasteiger partial charge on any atom is -0.395 e. The smallest absolute Gasteiger partial charge is 0.273 e. The number of amides is 3. The fourth-order valence-electron chi connectivity index (χ4n) is 4.71. The molecule has 5 N–H and O–H groups in total. The Morgan fingerprint density at radius 2 is 1.73 bits per heavy atom. The van der Waals surface area contributed by atoms with E-state index in [0.29, 0.717) is 17.7 Å². The minimum absolute atomic E-state index is 0.0213. The number of hydrogen-bond acceptors (Lipinski definition) is 7. The Labute approximate surface area is 241 Å². The van der Waals surface area contributed by atoms with Crippen molar-refractivity contribution in [3.8, 4) is 0 Å². The Morgan fingerprint density at radius 1 is 0.976 bits per heavy atom. The van der Waals surface area contributed by atoms with Crippen LogP contribution in [0.3, 0.4) is 0 Å². The summed E-state index contributed by atoms with van der Waals surface area (Å²) >= 11 is 0.777. The van der Waals surface area contributed by atoms with Gasteiger partial charge in [0.25, 0.3) is 11.8 Å². The Morgan fingerprint density at radius 3 is 2.46 bits per heavy atom. The van der Waals surface area contributed by atoms with E-state index in [9.17, 15) is 14.4 Å². The third kappa shape index (κ3) is 5.64. The molecule has 0 unspecified atom stereocenters. The summed E-state index contributed by atoms with van der Waals surface area (Å²) < 4.78 is 4.03. The lowest BCUT2D eigenvalue weighted by molar-refractivity contribution is -0.122. The molecule has 0 aliphatic rings. The summed E-state index contributed by atoms with van der Waals surface area (Å²) in [6.07, 6.45) is 2.30. The fraction of sp³-hybridized carbons (Fsp3) is 0.129. The second-order valence-corrected chi connectivity index (χ2v) is 10.1. The molecule has 0 aliphatic carbocycles. The molecule has 10 heteroatoms. The normalized spacial score (nSPS) is 11.6. The van der Waals surface area contributed by atoms with Crippen LogP contribution in [0.2, 0.25) is 0 Å². The Balaban J connectivity index is 1.68. The number of nitrogen functional groups attached to an aromatic ring is 1. The van der Waals surface area contributed by atoms with Gasteiger partial charge in [0.15, 0.2) is 5.69 Å². The third-order valence-corrected chi connectivity index (χ3v) is 7.62. The predicted octanol–water partition coefficient (Wildman–Crippen LogP) is 4.64. The molecule has 2 aromatic heterocycles. The first kappa shape index (κ1) is 27.5. The van der Waals surface area contributed by atoms with Gasteiger partial charge in [-0.1, -0.05) is 67.6 Å². The second kappa shape index (κ2) is 12.0. The summed E-state index contributed by atoms with van der Waals surface area (Å²) in [5.41, 5.74) is 15.0. The van der Waals surface area contributed by atoms with E-state index in [1.54, 1.807) is 18.3 Å². The maximum atomic E-state index is 14.4. The van der Waals surface area contributed by atoms with Gasteiger partial charge in [0.1, 0.15) is 10.9 Å². The molecule has 2 heterocycles. The number of benzene rings is 3. The molecular weight excluding hydrogens is 536 g/mol. The van der Waals surface area contributed by atoms with Crippen LogP contribution in [0.15, 0.2) is 91.1 Å². The van der Waals surface area contributed by atoms with Gasteiger partial charge in [-0.05, 0) is 58.9 Å². The van der Waals surface area contributed by atoms with Crippen LogP contribution < -0.4 is 21.7 Å². The lowest BCUT2D eigenvalue weighted by atomic mass is 9.98. The number of rotatable bonds is 9. The molecule has 0 saturated heterocycles. The molecule has 0 saturated carbocycles. The van der Waals surface area contributed by atoms with Crippen molar-refractivity contribution in [1.29, 1.82) is 0 Å². The number of primary amides is 1. The topological polar surface area (TPSA) is 144 Å². The zero-order valence-electron chi connectivity index (χ0n) is 22.3. The standard InChI is InChI=1S/C31H28N6O3S/c1-2-20-11-6-7-13-24(20)37(31(40)28-25(32)26(29(33)38)36-41-28)27(30(39)35-18-19-9-4-3-5-10-19)22-14-15-23-21(17-22)12-8-16-34-23/h3-17,27H,2,18,32H2,1H3,(H2,33,38)(H,35,39)/t27-/m1/s1. The highest BCUT2D eigenvalue weighted by atomic mass is 32.1. The minimum atomic E-state index is -1.10. The number of para-hydroxylation sites is 1. The van der Waals surface area contributed by atoms with Gasteiger partial charge in [0.2, 0.25) is 5.91 Å². The molecule has 0 bridgehead atoms. The van der Waals surface area contributed by atoms with E-state index in [1.165, 1.54) is 4.90 Å². The largest absolute Gasteiger partial charge is 0.395 e. The van der Waals surface area contributed by atoms with Gasteiger partial charge in [-0.3, -0.25) is 24.3 Å². The van der Waals surface area contributed by atoms with Gasteiger partial charge in [-0.15, -0.1) is 0 Å². The van der Waals surface area contributed by atoms with Crippen molar-refractivity contribution in [3.05, 3.63) is 118 Å². The molecule has 9 nitrogen and oxygen atoms in total. The number of carbonyl (C=O) groups excluding carboxylic acids is 3. The molecule has 0 aliphatic heterocycles. The van der Waals surface area contributed by atoms with Crippen LogP contribution in [0.4, 0.5) is 11.4 Å². The van der Waals surface area contributed by atoms with Crippen molar-refractivity contribution in [2.45, 2.75) is 25.9 Å². The highest BCUT2D eigenvalue weighted by molar-refractivity contribution is 7.09. The highest BCUT2D eigenvalue weighted by Gasteiger charge is 2.37. The zero-order chi connectivity index (χ0) is 28.9. The summed E-state index contributed by atoms with van der Waals surface area (Å²) in [7, 11) is 0. The molecule has 0 spiro atoms. The SMILES string of the molecule is CCc1ccccc1N(C(=O)c1snc(C(N)=O)c1N)[C@@H](C(=O)NCc1ccccc1)c1ccc2ncccc2c1. The molecule has 5 rings (SSSR count). The van der Waals surface area contributed by atoms with Crippen LogP contribution in [0, 0.1) is 0 Å². The van der Waals surface area contributed by atoms with Crippen LogP contribution in [0.25, 0.3) is 10.9 Å². The number of aromatic nitrogens is 2. The van der Waals surface area contributed by atoms with Gasteiger partial charge < -0.3 is 16.8 Å². The zero-order valence-corrected chi connectivity index (χ0v) is 23.1. The van der Waals surface area contributed by atoms with E-state index >= 15 is 0 Å². The summed E-state index contributed by atoms with van der Waals surface area (Å²) in [4.78, 5) is 46.3. The van der Waals surface area contributed by atoms with E-state index in [2.05, 4.69) is 14.7 Å². The second-order valence-electron chi connectivity index (χ2n) is 9.36. The van der Waals surface area contributed by atoms with Crippen LogP contribution in [0.1, 0.15) is 49.8 Å². The molecule has 41 heavy (non-hydrogen) atoms. The van der Waals surface area contributed by atoms with Crippen LogP contribution in [-0.2, 0) is 17.8 Å². The maximum Gasteiger partial charge on any atom is 0.273 e. The molecule has 1 atom stereocenters. The predicted molar refractivity (Wildman–Crippen MR) is 160 cm³/mol. The Bertz CT molecular complexity index is 1740. The average Bonchev–Trinajstić information content (AvgIpc) is 3.40. The maximum absolute atomic E-state index is 14.4. The van der Waals surface area contributed by atoms with Crippen LogP contribution >= 0.6 is 11.5 Å². The molecular formula is C31H28N6O3S. The lowest BCUT2D eigenvalue weighted by Gasteiger charge is -2.33. The average molecular weight is 565 g/mol. The third-order valence-electron chi connectivity index (χ3n) is 6.77. The number of nitrogens with one attached hydrogen (secondary N) is 1. The highest BCUT2D eigenvalue weighted by Crippen LogP contribution is 2.36. The lowest BCUT2D eigenvalue weighted by Crippen LogP contribution is -2.44. The van der Waals surface area contributed by atoms with Crippen molar-refractivity contribution in [2.75, 3.05) is 10.6 Å². The van der Waals surface area contributed by atoms with Gasteiger partial charge in [0, 0.05) is 23.8 Å². The van der Waals surface area contributed by atoms with E-state index in [0.717, 1.165) is 33.6 Å². The molecule has 5 aromatic rings. The summed E-state index contributed by atoms with van der Waals surface area (Å²) in [5.74, 6) is -1.80. The first-order chi connectivity index (χ1) is 19.9. The molecule has 3 amide bonds. The first-order valence-corrected chi connectivity index (χ1v) is 13.8. The molecule has 0 fully saturated rings. The van der Waals surface area contributed by atoms with Crippen molar-refractivity contribution in [1.82, 2.24) is 14.7 Å². The number of pyridine rings is 1. The fourth-order valence-corrected chi connectivity index (χ4v) is 5.46. The number of nitrogens with two attached hydrogens (primary N) is 2. The van der Waals surface area contributed by atoms with E-state index < -0.39 is 23.8 Å². The van der Waals surface area contributed by atoms with Crippen molar-refractivity contribution >= 4 is 51.5 Å². The Kier molecular flexibility index (Phi) is 8.02.